The summed E-state index contributed by atoms with van der Waals surface area (Å²) in [5.74, 6) is -1.17. The zero-order valence-electron chi connectivity index (χ0n) is 20.5. The Morgan fingerprint density at radius 1 is 1.11 bits per heavy atom. The molecule has 1 saturated carbocycles. The molecule has 2 amide bonds. The van der Waals surface area contributed by atoms with Crippen molar-refractivity contribution >= 4 is 39.1 Å². The lowest BCUT2D eigenvalue weighted by atomic mass is 10.1. The van der Waals surface area contributed by atoms with Crippen LogP contribution in [0.25, 0.3) is 0 Å². The first-order valence-corrected chi connectivity index (χ1v) is 14.0. The molecule has 1 aliphatic rings. The minimum absolute atomic E-state index is 0.00941. The Hall–Kier alpha value is -2.79. The van der Waals surface area contributed by atoms with Crippen molar-refractivity contribution in [2.24, 2.45) is 0 Å². The standard InChI is InChI=1S/C25H29ClF3N3O4S/c1-17(24(34)30-20-10-4-5-11-20)31(15-18-8-3-6-13-22(18)26)23(33)16-32(37(2,35)36)21-12-7-9-19(14-21)25(27,28)29/h3,6-9,12-14,17,20H,4-5,10-11,15-16H2,1-2H3,(H,30,34)/t17-/m0/s1. The van der Waals surface area contributed by atoms with Gasteiger partial charge in [0.1, 0.15) is 12.6 Å². The van der Waals surface area contributed by atoms with E-state index in [2.05, 4.69) is 5.32 Å². The number of hydrogen-bond acceptors (Lipinski definition) is 4. The van der Waals surface area contributed by atoms with Gasteiger partial charge in [-0.2, -0.15) is 13.2 Å². The molecule has 12 heteroatoms. The van der Waals surface area contributed by atoms with Gasteiger partial charge in [0.15, 0.2) is 0 Å². The van der Waals surface area contributed by atoms with Gasteiger partial charge in [-0.05, 0) is 49.6 Å². The molecule has 0 saturated heterocycles. The Bertz CT molecular complexity index is 1230. The van der Waals surface area contributed by atoms with E-state index >= 15 is 0 Å². The van der Waals surface area contributed by atoms with Crippen LogP contribution in [0.5, 0.6) is 0 Å². The number of sulfonamides is 1. The van der Waals surface area contributed by atoms with Crippen LogP contribution in [-0.4, -0.2) is 50.0 Å². The Balaban J connectivity index is 1.92. The Morgan fingerprint density at radius 2 is 1.76 bits per heavy atom. The highest BCUT2D eigenvalue weighted by atomic mass is 35.5. The fraction of sp³-hybridized carbons (Fsp3) is 0.440. The van der Waals surface area contributed by atoms with Gasteiger partial charge in [-0.25, -0.2) is 8.42 Å². The van der Waals surface area contributed by atoms with Crippen molar-refractivity contribution in [2.75, 3.05) is 17.1 Å². The molecule has 0 radical (unpaired) electrons. The number of anilines is 1. The van der Waals surface area contributed by atoms with Crippen LogP contribution < -0.4 is 9.62 Å². The second-order valence-corrected chi connectivity index (χ2v) is 11.4. The van der Waals surface area contributed by atoms with Crippen molar-refractivity contribution in [3.63, 3.8) is 0 Å². The number of hydrogen-bond donors (Lipinski definition) is 1. The van der Waals surface area contributed by atoms with Gasteiger partial charge in [0, 0.05) is 17.6 Å². The number of alkyl halides is 3. The maximum atomic E-state index is 13.5. The van der Waals surface area contributed by atoms with E-state index < -0.39 is 46.2 Å². The summed E-state index contributed by atoms with van der Waals surface area (Å²) in [4.78, 5) is 27.8. The highest BCUT2D eigenvalue weighted by molar-refractivity contribution is 7.92. The summed E-state index contributed by atoms with van der Waals surface area (Å²) in [7, 11) is -4.16. The first kappa shape index (κ1) is 28.8. The smallest absolute Gasteiger partial charge is 0.352 e. The molecule has 7 nitrogen and oxygen atoms in total. The lowest BCUT2D eigenvalue weighted by molar-refractivity contribution is -0.139. The molecular formula is C25H29ClF3N3O4S. The van der Waals surface area contributed by atoms with Crippen molar-refractivity contribution < 1.29 is 31.2 Å². The van der Waals surface area contributed by atoms with Crippen LogP contribution in [0.2, 0.25) is 5.02 Å². The molecule has 0 heterocycles. The summed E-state index contributed by atoms with van der Waals surface area (Å²) >= 11 is 6.28. The zero-order valence-corrected chi connectivity index (χ0v) is 22.0. The molecule has 0 aromatic heterocycles. The maximum Gasteiger partial charge on any atom is 0.416 e. The second-order valence-electron chi connectivity index (χ2n) is 9.10. The summed E-state index contributed by atoms with van der Waals surface area (Å²) in [5.41, 5.74) is -0.835. The van der Waals surface area contributed by atoms with E-state index in [1.165, 1.54) is 17.9 Å². The number of carbonyl (C=O) groups excluding carboxylic acids is 2. The lowest BCUT2D eigenvalue weighted by Gasteiger charge is -2.32. The molecule has 1 N–H and O–H groups in total. The maximum absolute atomic E-state index is 13.5. The van der Waals surface area contributed by atoms with E-state index in [0.29, 0.717) is 21.0 Å². The summed E-state index contributed by atoms with van der Waals surface area (Å²) < 4.78 is 65.5. The van der Waals surface area contributed by atoms with Crippen LogP contribution in [0.4, 0.5) is 18.9 Å². The number of carbonyl (C=O) groups is 2. The van der Waals surface area contributed by atoms with E-state index in [4.69, 9.17) is 11.6 Å². The van der Waals surface area contributed by atoms with Gasteiger partial charge >= 0.3 is 6.18 Å². The fourth-order valence-corrected chi connectivity index (χ4v) is 5.27. The van der Waals surface area contributed by atoms with Gasteiger partial charge in [0.25, 0.3) is 0 Å². The molecule has 0 unspecified atom stereocenters. The van der Waals surface area contributed by atoms with Gasteiger partial charge in [0.2, 0.25) is 21.8 Å². The average molecular weight is 560 g/mol. The molecule has 0 aliphatic heterocycles. The predicted molar refractivity (Wildman–Crippen MR) is 135 cm³/mol. The highest BCUT2D eigenvalue weighted by Gasteiger charge is 2.34. The minimum atomic E-state index is -4.70. The molecule has 3 rings (SSSR count). The van der Waals surface area contributed by atoms with Crippen LogP contribution in [0.15, 0.2) is 48.5 Å². The van der Waals surface area contributed by atoms with Crippen molar-refractivity contribution in [3.05, 3.63) is 64.7 Å². The van der Waals surface area contributed by atoms with E-state index in [-0.39, 0.29) is 18.3 Å². The van der Waals surface area contributed by atoms with E-state index in [1.54, 1.807) is 24.3 Å². The number of amides is 2. The minimum Gasteiger partial charge on any atom is -0.352 e. The molecule has 202 valence electrons. The molecule has 1 fully saturated rings. The molecule has 37 heavy (non-hydrogen) atoms. The average Bonchev–Trinajstić information content (AvgIpc) is 3.33. The number of nitrogens with one attached hydrogen (secondary N) is 1. The summed E-state index contributed by atoms with van der Waals surface area (Å²) in [6.07, 6.45) is -0.270. The Kier molecular flexibility index (Phi) is 9.12. The first-order valence-electron chi connectivity index (χ1n) is 11.8. The van der Waals surface area contributed by atoms with Crippen LogP contribution in [-0.2, 0) is 32.3 Å². The Labute approximate surface area is 219 Å². The fourth-order valence-electron chi connectivity index (χ4n) is 4.24. The number of benzene rings is 2. The Morgan fingerprint density at radius 3 is 2.35 bits per heavy atom. The van der Waals surface area contributed by atoms with Crippen molar-refractivity contribution in [1.82, 2.24) is 10.2 Å². The van der Waals surface area contributed by atoms with Crippen molar-refractivity contribution in [1.29, 1.82) is 0 Å². The molecule has 0 bridgehead atoms. The van der Waals surface area contributed by atoms with Crippen LogP contribution in [0, 0.1) is 0 Å². The van der Waals surface area contributed by atoms with E-state index in [1.807, 2.05) is 0 Å². The van der Waals surface area contributed by atoms with Crippen LogP contribution in [0.3, 0.4) is 0 Å². The zero-order chi connectivity index (χ0) is 27.4. The molecular weight excluding hydrogens is 531 g/mol. The van der Waals surface area contributed by atoms with Crippen molar-refractivity contribution in [3.8, 4) is 0 Å². The largest absolute Gasteiger partial charge is 0.416 e. The topological polar surface area (TPSA) is 86.8 Å². The van der Waals surface area contributed by atoms with Gasteiger partial charge in [-0.3, -0.25) is 13.9 Å². The van der Waals surface area contributed by atoms with Gasteiger partial charge in [-0.1, -0.05) is 48.7 Å². The van der Waals surface area contributed by atoms with Gasteiger partial charge < -0.3 is 10.2 Å². The van der Waals surface area contributed by atoms with Crippen molar-refractivity contribution in [2.45, 2.75) is 57.4 Å². The number of nitrogens with zero attached hydrogens (tertiary/aromatic N) is 2. The molecule has 1 atom stereocenters. The monoisotopic (exact) mass is 559 g/mol. The molecule has 2 aromatic rings. The quantitative estimate of drug-likeness (QED) is 0.486. The number of halogens is 4. The summed E-state index contributed by atoms with van der Waals surface area (Å²) in [6.45, 7) is 0.623. The third kappa shape index (κ3) is 7.61. The van der Waals surface area contributed by atoms with Gasteiger partial charge in [-0.15, -0.1) is 0 Å². The second kappa shape index (κ2) is 11.7. The highest BCUT2D eigenvalue weighted by Crippen LogP contribution is 2.32. The van der Waals surface area contributed by atoms with E-state index in [9.17, 15) is 31.2 Å². The molecule has 1 aliphatic carbocycles. The van der Waals surface area contributed by atoms with Crippen LogP contribution >= 0.6 is 11.6 Å². The summed E-state index contributed by atoms with van der Waals surface area (Å²) in [6, 6.07) is 9.43. The molecule has 2 aromatic carbocycles. The predicted octanol–water partition coefficient (Wildman–Crippen LogP) is 4.60. The normalized spacial score (nSPS) is 15.3. The van der Waals surface area contributed by atoms with E-state index in [0.717, 1.165) is 44.1 Å². The SMILES string of the molecule is C[C@@H](C(=O)NC1CCCC1)N(Cc1ccccc1Cl)C(=O)CN(c1cccc(C(F)(F)F)c1)S(C)(=O)=O. The third-order valence-corrected chi connectivity index (χ3v) is 7.82. The first-order chi connectivity index (χ1) is 17.3. The lowest BCUT2D eigenvalue weighted by Crippen LogP contribution is -2.52. The third-order valence-electron chi connectivity index (χ3n) is 6.31. The van der Waals surface area contributed by atoms with Crippen LogP contribution in [0.1, 0.15) is 43.7 Å². The summed E-state index contributed by atoms with van der Waals surface area (Å²) in [5, 5.41) is 3.28. The molecule has 0 spiro atoms. The van der Waals surface area contributed by atoms with Gasteiger partial charge in [0.05, 0.1) is 17.5 Å². The number of rotatable bonds is 9.